The molecule has 0 saturated heterocycles. The summed E-state index contributed by atoms with van der Waals surface area (Å²) in [6, 6.07) is 0. The Labute approximate surface area is 183 Å². The van der Waals surface area contributed by atoms with Gasteiger partial charge in [0.1, 0.15) is 0 Å². The predicted octanol–water partition coefficient (Wildman–Crippen LogP) is 9.13. The van der Waals surface area contributed by atoms with E-state index in [2.05, 4.69) is 41.5 Å². The van der Waals surface area contributed by atoms with Crippen LogP contribution in [0.2, 0.25) is 0 Å². The molecule has 4 aliphatic carbocycles. The molecule has 4 saturated carbocycles. The summed E-state index contributed by atoms with van der Waals surface area (Å²) < 4.78 is 0. The Kier molecular flexibility index (Phi) is 6.51. The van der Waals surface area contributed by atoms with Gasteiger partial charge < -0.3 is 0 Å². The second kappa shape index (κ2) is 8.50. The van der Waals surface area contributed by atoms with Crippen molar-refractivity contribution in [3.05, 3.63) is 0 Å². The molecule has 9 atom stereocenters. The molecular formula is C29H52. The maximum Gasteiger partial charge on any atom is -0.0264 e. The van der Waals surface area contributed by atoms with Gasteiger partial charge in [0, 0.05) is 0 Å². The van der Waals surface area contributed by atoms with Gasteiger partial charge in [0.25, 0.3) is 0 Å². The number of fused-ring (bicyclic) bond motifs is 5. The molecule has 0 aliphatic heterocycles. The second-order valence-electron chi connectivity index (χ2n) is 13.1. The van der Waals surface area contributed by atoms with Crippen LogP contribution in [0.15, 0.2) is 0 Å². The molecule has 0 amide bonds. The lowest BCUT2D eigenvalue weighted by Gasteiger charge is -2.61. The van der Waals surface area contributed by atoms with Crippen molar-refractivity contribution >= 4 is 0 Å². The van der Waals surface area contributed by atoms with E-state index in [0.717, 1.165) is 47.3 Å². The number of hydrogen-bond donors (Lipinski definition) is 0. The first-order valence-corrected chi connectivity index (χ1v) is 13.8. The fraction of sp³-hybridized carbons (Fsp3) is 1.00. The average Bonchev–Trinajstić information content (AvgIpc) is 3.05. The van der Waals surface area contributed by atoms with E-state index < -0.39 is 0 Å². The zero-order chi connectivity index (χ0) is 20.8. The third-order valence-electron chi connectivity index (χ3n) is 11.8. The second-order valence-corrected chi connectivity index (χ2v) is 13.1. The fourth-order valence-electron chi connectivity index (χ4n) is 9.96. The van der Waals surface area contributed by atoms with Crippen LogP contribution in [0, 0.1) is 58.2 Å². The Hall–Kier alpha value is 0. The molecule has 0 heterocycles. The minimum Gasteiger partial charge on any atom is -0.0651 e. The zero-order valence-electron chi connectivity index (χ0n) is 20.8. The van der Waals surface area contributed by atoms with E-state index in [-0.39, 0.29) is 0 Å². The predicted molar refractivity (Wildman–Crippen MR) is 127 cm³/mol. The molecule has 1 unspecified atom stereocenters. The molecular weight excluding hydrogens is 348 g/mol. The lowest BCUT2D eigenvalue weighted by atomic mass is 9.44. The maximum absolute atomic E-state index is 2.76. The minimum atomic E-state index is 0.665. The first-order valence-electron chi connectivity index (χ1n) is 13.8. The molecule has 0 spiro atoms. The molecule has 4 fully saturated rings. The van der Waals surface area contributed by atoms with Gasteiger partial charge in [0.15, 0.2) is 0 Å². The molecule has 4 aliphatic rings. The molecule has 0 bridgehead atoms. The van der Waals surface area contributed by atoms with Crippen molar-refractivity contribution < 1.29 is 0 Å². The molecule has 0 nitrogen and oxygen atoms in total. The van der Waals surface area contributed by atoms with Crippen molar-refractivity contribution in [2.45, 2.75) is 125 Å². The van der Waals surface area contributed by atoms with E-state index in [4.69, 9.17) is 0 Å². The normalized spacial score (nSPS) is 46.7. The number of hydrogen-bond acceptors (Lipinski definition) is 0. The lowest BCUT2D eigenvalue weighted by molar-refractivity contribution is -0.114. The molecule has 4 rings (SSSR count). The van der Waals surface area contributed by atoms with Gasteiger partial charge in [0.05, 0.1) is 0 Å². The number of rotatable bonds is 6. The summed E-state index contributed by atoms with van der Waals surface area (Å²) >= 11 is 0. The van der Waals surface area contributed by atoms with Crippen molar-refractivity contribution in [2.24, 2.45) is 58.2 Å². The van der Waals surface area contributed by atoms with Gasteiger partial charge in [-0.15, -0.1) is 0 Å². The van der Waals surface area contributed by atoms with Crippen LogP contribution >= 0.6 is 0 Å². The van der Waals surface area contributed by atoms with Crippen molar-refractivity contribution in [1.29, 1.82) is 0 Å². The van der Waals surface area contributed by atoms with Crippen molar-refractivity contribution in [3.63, 3.8) is 0 Å². The summed E-state index contributed by atoms with van der Waals surface area (Å²) in [5, 5.41) is 0. The van der Waals surface area contributed by atoms with Gasteiger partial charge in [-0.25, -0.2) is 0 Å². The molecule has 0 heteroatoms. The Morgan fingerprint density at radius 1 is 0.759 bits per heavy atom. The van der Waals surface area contributed by atoms with Crippen LogP contribution in [-0.4, -0.2) is 0 Å². The summed E-state index contributed by atoms with van der Waals surface area (Å²) in [7, 11) is 0. The Morgan fingerprint density at radius 2 is 1.52 bits per heavy atom. The third kappa shape index (κ3) is 3.75. The van der Waals surface area contributed by atoms with Gasteiger partial charge in [-0.1, -0.05) is 67.2 Å². The molecule has 0 aromatic carbocycles. The third-order valence-corrected chi connectivity index (χ3v) is 11.8. The highest BCUT2D eigenvalue weighted by Crippen LogP contribution is 2.68. The van der Waals surface area contributed by atoms with Crippen LogP contribution in [0.4, 0.5) is 0 Å². The summed E-state index contributed by atoms with van der Waals surface area (Å²) in [6.45, 7) is 15.4. The first-order chi connectivity index (χ1) is 13.8. The van der Waals surface area contributed by atoms with Gasteiger partial charge in [0.2, 0.25) is 0 Å². The highest BCUT2D eigenvalue weighted by Gasteiger charge is 2.60. The smallest absolute Gasteiger partial charge is 0.0264 e. The van der Waals surface area contributed by atoms with Gasteiger partial charge in [-0.05, 0) is 116 Å². The van der Waals surface area contributed by atoms with E-state index in [1.807, 2.05) is 0 Å². The zero-order valence-corrected chi connectivity index (χ0v) is 20.8. The van der Waals surface area contributed by atoms with Gasteiger partial charge in [-0.3, -0.25) is 0 Å². The summed E-state index contributed by atoms with van der Waals surface area (Å²) in [5.41, 5.74) is 1.37. The lowest BCUT2D eigenvalue weighted by Crippen LogP contribution is -2.53. The highest BCUT2D eigenvalue weighted by molar-refractivity contribution is 5.09. The van der Waals surface area contributed by atoms with Crippen LogP contribution in [0.5, 0.6) is 0 Å². The molecule has 29 heavy (non-hydrogen) atoms. The minimum absolute atomic E-state index is 0.665. The topological polar surface area (TPSA) is 0 Å². The summed E-state index contributed by atoms with van der Waals surface area (Å²) in [5.74, 6) is 8.02. The van der Waals surface area contributed by atoms with E-state index in [0.29, 0.717) is 10.8 Å². The monoisotopic (exact) mass is 400 g/mol. The van der Waals surface area contributed by atoms with Crippen LogP contribution in [0.3, 0.4) is 0 Å². The van der Waals surface area contributed by atoms with Crippen LogP contribution in [0.1, 0.15) is 125 Å². The molecule has 0 N–H and O–H groups in total. The van der Waals surface area contributed by atoms with Crippen molar-refractivity contribution in [1.82, 2.24) is 0 Å². The SMILES string of the molecule is CC[C@H](CC[C@@H](C)[C@H]1CC[C@@H]2[C@@H]3CCC4CCCC[C@]4(C)[C@H]3CC[C@@]21C)C(C)C. The summed E-state index contributed by atoms with van der Waals surface area (Å²) in [6.07, 6.45) is 19.8. The van der Waals surface area contributed by atoms with Crippen molar-refractivity contribution in [3.8, 4) is 0 Å². The Balaban J connectivity index is 1.45. The van der Waals surface area contributed by atoms with Crippen LogP contribution in [0.25, 0.3) is 0 Å². The molecule has 0 aromatic rings. The molecule has 0 radical (unpaired) electrons. The quantitative estimate of drug-likeness (QED) is 0.417. The molecule has 0 aromatic heterocycles. The van der Waals surface area contributed by atoms with E-state index in [9.17, 15) is 0 Å². The molecule has 168 valence electrons. The first kappa shape index (κ1) is 22.2. The summed E-state index contributed by atoms with van der Waals surface area (Å²) in [4.78, 5) is 0. The van der Waals surface area contributed by atoms with Gasteiger partial charge >= 0.3 is 0 Å². The Morgan fingerprint density at radius 3 is 2.24 bits per heavy atom. The van der Waals surface area contributed by atoms with E-state index >= 15 is 0 Å². The van der Waals surface area contributed by atoms with Crippen molar-refractivity contribution in [2.75, 3.05) is 0 Å². The fourth-order valence-corrected chi connectivity index (χ4v) is 9.96. The van der Waals surface area contributed by atoms with Crippen LogP contribution in [-0.2, 0) is 0 Å². The standard InChI is InChI=1S/C29H52/c1-7-22(20(2)3)12-11-21(4)25-15-16-26-24-14-13-23-10-8-9-18-28(23,5)27(24)17-19-29(25,26)6/h20-27H,7-19H2,1-6H3/t21-,22-,23?,24+,25-,26-,27+,28+,29-/m1/s1. The Bertz CT molecular complexity index is 548. The van der Waals surface area contributed by atoms with E-state index in [1.165, 1.54) is 32.1 Å². The van der Waals surface area contributed by atoms with E-state index in [1.54, 1.807) is 51.4 Å². The van der Waals surface area contributed by atoms with Crippen LogP contribution < -0.4 is 0 Å². The average molecular weight is 401 g/mol. The van der Waals surface area contributed by atoms with Gasteiger partial charge in [-0.2, -0.15) is 0 Å². The largest absolute Gasteiger partial charge is 0.0651 e. The maximum atomic E-state index is 2.76. The highest BCUT2D eigenvalue weighted by atomic mass is 14.6.